The van der Waals surface area contributed by atoms with Crippen LogP contribution in [0.5, 0.6) is 0 Å². The number of oxime groups is 3. The maximum atomic E-state index is 14.2. The topological polar surface area (TPSA) is 155 Å². The second kappa shape index (κ2) is 19.7. The fraction of sp³-hybridized carbons (Fsp3) is 0.421. The van der Waals surface area contributed by atoms with Gasteiger partial charge in [0.15, 0.2) is 0 Å². The van der Waals surface area contributed by atoms with E-state index in [1.54, 1.807) is 43.5 Å². The lowest BCUT2D eigenvalue weighted by atomic mass is 9.97. The number of carbonyl (C=O) groups excluding carboxylic acids is 5. The molecule has 0 unspecified atom stereocenters. The van der Waals surface area contributed by atoms with Crippen molar-refractivity contribution < 1.29 is 38.5 Å². The predicted molar refractivity (Wildman–Crippen MR) is 192 cm³/mol. The van der Waals surface area contributed by atoms with Gasteiger partial charge in [-0.2, -0.15) is 0 Å². The molecule has 3 rings (SSSR count). The molecule has 2 aromatic carbocycles. The Balaban J connectivity index is 2.16. The summed E-state index contributed by atoms with van der Waals surface area (Å²) in [6, 6.07) is 12.3. The summed E-state index contributed by atoms with van der Waals surface area (Å²) in [5.74, 6) is -2.67. The van der Waals surface area contributed by atoms with Crippen LogP contribution in [0.2, 0.25) is 0 Å². The maximum absolute atomic E-state index is 14.2. The van der Waals surface area contributed by atoms with Gasteiger partial charge in [-0.05, 0) is 68.5 Å². The Hall–Kier alpha value is -5.26. The molecule has 0 aliphatic carbocycles. The van der Waals surface area contributed by atoms with Crippen LogP contribution in [0.3, 0.4) is 0 Å². The third kappa shape index (κ3) is 11.4. The summed E-state index contributed by atoms with van der Waals surface area (Å²) < 4.78 is 1.82. The highest BCUT2D eigenvalue weighted by Crippen LogP contribution is 2.29. The number of unbranched alkanes of at least 4 members (excludes halogenated alkanes) is 6. The van der Waals surface area contributed by atoms with Crippen LogP contribution in [0.4, 0.5) is 0 Å². The Bertz CT molecular complexity index is 1780. The molecule has 0 aliphatic rings. The number of ketones is 2. The third-order valence-corrected chi connectivity index (χ3v) is 7.81. The van der Waals surface area contributed by atoms with Gasteiger partial charge in [-0.15, -0.1) is 0 Å². The zero-order chi connectivity index (χ0) is 36.6. The zero-order valence-electron chi connectivity index (χ0n) is 29.7. The van der Waals surface area contributed by atoms with Gasteiger partial charge in [0.1, 0.15) is 11.4 Å². The van der Waals surface area contributed by atoms with Crippen LogP contribution in [0.15, 0.2) is 64.1 Å². The fourth-order valence-corrected chi connectivity index (χ4v) is 5.22. The van der Waals surface area contributed by atoms with Crippen LogP contribution in [-0.4, -0.2) is 51.2 Å². The normalized spacial score (nSPS) is 12.2. The van der Waals surface area contributed by atoms with E-state index in [-0.39, 0.29) is 22.6 Å². The lowest BCUT2D eigenvalue weighted by molar-refractivity contribution is -0.141. The smallest absolute Gasteiger partial charge is 0.318 e. The summed E-state index contributed by atoms with van der Waals surface area (Å²) in [6.45, 7) is 9.58. The summed E-state index contributed by atoms with van der Waals surface area (Å²) in [5, 5.41) is 12.2. The monoisotopic (exact) mass is 686 g/mol. The molecule has 0 spiro atoms. The second-order valence-corrected chi connectivity index (χ2v) is 12.0. The third-order valence-electron chi connectivity index (χ3n) is 7.81. The predicted octanol–water partition coefficient (Wildman–Crippen LogP) is 8.06. The van der Waals surface area contributed by atoms with E-state index < -0.39 is 29.5 Å². The van der Waals surface area contributed by atoms with E-state index in [1.807, 2.05) is 16.7 Å². The quantitative estimate of drug-likeness (QED) is 0.0403. The van der Waals surface area contributed by atoms with Gasteiger partial charge < -0.3 is 19.1 Å². The molecule has 12 nitrogen and oxygen atoms in total. The van der Waals surface area contributed by atoms with Crippen LogP contribution in [0.25, 0.3) is 16.6 Å². The van der Waals surface area contributed by atoms with E-state index >= 15 is 0 Å². The van der Waals surface area contributed by atoms with Crippen LogP contribution >= 0.6 is 0 Å². The standard InChI is InChI=1S/C38H46N4O8/c1-7-9-11-13-15-34(40-49-27(5)44)37(46)30-19-22-36-32(23-30)33(38(47)35(41-50-28(6)45)16-14-12-10-8-2)24-42(36)31-20-17-29(18-21-31)25(3)39-48-26(4)43/h17-24H,7-16H2,1-6H3/b39-25+,40-34+,41-35+. The molecule has 266 valence electrons. The molecule has 0 aliphatic heterocycles. The molecule has 0 radical (unpaired) electrons. The van der Waals surface area contributed by atoms with Gasteiger partial charge in [-0.3, -0.25) is 9.59 Å². The fourth-order valence-electron chi connectivity index (χ4n) is 5.22. The minimum atomic E-state index is -0.648. The van der Waals surface area contributed by atoms with Gasteiger partial charge in [-0.25, -0.2) is 14.4 Å². The minimum absolute atomic E-state index is 0.0905. The van der Waals surface area contributed by atoms with Gasteiger partial charge >= 0.3 is 17.9 Å². The molecule has 0 saturated heterocycles. The van der Waals surface area contributed by atoms with Crippen molar-refractivity contribution in [1.29, 1.82) is 0 Å². The first-order valence-electron chi connectivity index (χ1n) is 17.0. The minimum Gasteiger partial charge on any atom is -0.318 e. The maximum Gasteiger partial charge on any atom is 0.331 e. The van der Waals surface area contributed by atoms with Gasteiger partial charge in [0.2, 0.25) is 11.6 Å². The molecule has 0 saturated carbocycles. The highest BCUT2D eigenvalue weighted by Gasteiger charge is 2.24. The van der Waals surface area contributed by atoms with Crippen molar-refractivity contribution in [2.24, 2.45) is 15.5 Å². The van der Waals surface area contributed by atoms with E-state index in [2.05, 4.69) is 29.3 Å². The number of aromatic nitrogens is 1. The van der Waals surface area contributed by atoms with Crippen LogP contribution in [0.1, 0.15) is 132 Å². The summed E-state index contributed by atoms with van der Waals surface area (Å²) in [5.41, 5.74) is 3.27. The van der Waals surface area contributed by atoms with Crippen molar-refractivity contribution in [3.05, 3.63) is 65.4 Å². The average Bonchev–Trinajstić information content (AvgIpc) is 3.48. The molecular formula is C38H46N4O8. The first-order chi connectivity index (χ1) is 24.0. The zero-order valence-corrected chi connectivity index (χ0v) is 29.7. The Morgan fingerprint density at radius 2 is 1.10 bits per heavy atom. The van der Waals surface area contributed by atoms with E-state index in [1.165, 1.54) is 20.8 Å². The molecule has 50 heavy (non-hydrogen) atoms. The number of carbonyl (C=O) groups is 5. The van der Waals surface area contributed by atoms with Gasteiger partial charge in [-0.1, -0.05) is 80.0 Å². The summed E-state index contributed by atoms with van der Waals surface area (Å²) in [6.07, 6.45) is 9.41. The molecule has 1 aromatic heterocycles. The highest BCUT2D eigenvalue weighted by molar-refractivity contribution is 6.48. The van der Waals surface area contributed by atoms with Crippen molar-refractivity contribution in [3.8, 4) is 5.69 Å². The summed E-state index contributed by atoms with van der Waals surface area (Å²) >= 11 is 0. The number of hydrogen-bond donors (Lipinski definition) is 0. The molecule has 3 aromatic rings. The van der Waals surface area contributed by atoms with Gasteiger partial charge in [0.05, 0.1) is 11.2 Å². The molecule has 0 fully saturated rings. The number of Topliss-reactive ketones (excluding diaryl/α,β-unsaturated/α-hetero) is 2. The molecule has 0 atom stereocenters. The van der Waals surface area contributed by atoms with E-state index in [0.29, 0.717) is 48.0 Å². The van der Waals surface area contributed by atoms with Crippen LogP contribution in [0, 0.1) is 0 Å². The molecule has 0 amide bonds. The Labute approximate surface area is 292 Å². The lowest BCUT2D eigenvalue weighted by Gasteiger charge is -2.09. The van der Waals surface area contributed by atoms with Crippen molar-refractivity contribution in [1.82, 2.24) is 4.57 Å². The summed E-state index contributed by atoms with van der Waals surface area (Å²) in [7, 11) is 0. The second-order valence-electron chi connectivity index (χ2n) is 12.0. The number of benzene rings is 2. The van der Waals surface area contributed by atoms with Crippen molar-refractivity contribution in [2.75, 3.05) is 0 Å². The van der Waals surface area contributed by atoms with Crippen LogP contribution in [-0.2, 0) is 28.9 Å². The van der Waals surface area contributed by atoms with Crippen molar-refractivity contribution >= 4 is 57.5 Å². The van der Waals surface area contributed by atoms with Gasteiger partial charge in [0.25, 0.3) is 0 Å². The highest BCUT2D eigenvalue weighted by atomic mass is 16.7. The average molecular weight is 687 g/mol. The number of hydrogen-bond acceptors (Lipinski definition) is 11. The molecule has 12 heteroatoms. The largest absolute Gasteiger partial charge is 0.331 e. The first-order valence-corrected chi connectivity index (χ1v) is 17.0. The number of nitrogens with zero attached hydrogens (tertiary/aromatic N) is 4. The van der Waals surface area contributed by atoms with Crippen molar-refractivity contribution in [3.63, 3.8) is 0 Å². The molecular weight excluding hydrogens is 640 g/mol. The Morgan fingerprint density at radius 1 is 0.600 bits per heavy atom. The number of rotatable bonds is 19. The molecule has 1 heterocycles. The Kier molecular flexibility index (Phi) is 15.4. The number of fused-ring (bicyclic) bond motifs is 1. The van der Waals surface area contributed by atoms with E-state index in [9.17, 15) is 24.0 Å². The molecule has 0 bridgehead atoms. The van der Waals surface area contributed by atoms with E-state index in [0.717, 1.165) is 44.1 Å². The SMILES string of the molecule is CCCCCC/C(=N\OC(C)=O)C(=O)c1ccc2c(c1)c(C(=O)/C(CCCCCC)=N/OC(C)=O)cn2-c1ccc(/C(C)=N/OC(C)=O)cc1. The van der Waals surface area contributed by atoms with Crippen LogP contribution < -0.4 is 0 Å². The summed E-state index contributed by atoms with van der Waals surface area (Å²) in [4.78, 5) is 77.0. The van der Waals surface area contributed by atoms with E-state index in [4.69, 9.17) is 14.5 Å². The Morgan fingerprint density at radius 3 is 1.62 bits per heavy atom. The molecule has 0 N–H and O–H groups in total. The first kappa shape index (κ1) is 39.2. The lowest BCUT2D eigenvalue weighted by Crippen LogP contribution is -2.17. The van der Waals surface area contributed by atoms with Gasteiger partial charge in [0, 0.05) is 49.2 Å². The van der Waals surface area contributed by atoms with Crippen molar-refractivity contribution in [2.45, 2.75) is 106 Å².